The maximum absolute atomic E-state index is 12.9. The monoisotopic (exact) mass is 541 g/mol. The number of carbonyl (C=O) groups excluding carboxylic acids is 1. The van der Waals surface area contributed by atoms with E-state index >= 15 is 0 Å². The van der Waals surface area contributed by atoms with E-state index in [1.807, 2.05) is 71.9 Å². The summed E-state index contributed by atoms with van der Waals surface area (Å²) in [5.41, 5.74) is 3.31. The molecule has 0 aliphatic carbocycles. The maximum Gasteiger partial charge on any atom is 0.326 e. The van der Waals surface area contributed by atoms with Crippen LogP contribution >= 0.6 is 11.3 Å². The van der Waals surface area contributed by atoms with Gasteiger partial charge < -0.3 is 24.5 Å². The zero-order valence-electron chi connectivity index (χ0n) is 21.2. The van der Waals surface area contributed by atoms with Gasteiger partial charge in [-0.2, -0.15) is 4.98 Å². The number of ketones is 1. The molecule has 5 aromatic rings. The number of thiophene rings is 1. The van der Waals surface area contributed by atoms with Crippen LogP contribution in [-0.2, 0) is 11.2 Å². The first-order valence-electron chi connectivity index (χ1n) is 12.4. The number of fused-ring (bicyclic) bond motifs is 1. The molecule has 2 N–H and O–H groups in total. The standard InChI is InChI=1S/C30H27N3O5S/c1-33(30-32-24-9-4-5-10-26(24)38-30)16-17-37-21-14-12-20(13-15-21)19-25(29(35)36)31-23-8-3-2-7-22(23)28(34)27-11-6-18-39-27/h2-15,18,25,31H,16-17,19H2,1H3,(H,35,36). The number of anilines is 2. The molecule has 0 aliphatic heterocycles. The quantitative estimate of drug-likeness (QED) is 0.193. The fourth-order valence-electron chi connectivity index (χ4n) is 4.11. The van der Waals surface area contributed by atoms with Crippen molar-refractivity contribution in [1.82, 2.24) is 4.98 Å². The summed E-state index contributed by atoms with van der Waals surface area (Å²) in [6.45, 7) is 0.992. The van der Waals surface area contributed by atoms with Crippen LogP contribution in [0.5, 0.6) is 5.75 Å². The van der Waals surface area contributed by atoms with Gasteiger partial charge in [-0.1, -0.05) is 42.5 Å². The Morgan fingerprint density at radius 2 is 1.79 bits per heavy atom. The van der Waals surface area contributed by atoms with Gasteiger partial charge in [-0.05, 0) is 53.4 Å². The van der Waals surface area contributed by atoms with E-state index in [4.69, 9.17) is 9.15 Å². The van der Waals surface area contributed by atoms with Gasteiger partial charge in [-0.25, -0.2) is 4.79 Å². The summed E-state index contributed by atoms with van der Waals surface area (Å²) >= 11 is 1.35. The number of nitrogens with zero attached hydrogens (tertiary/aromatic N) is 2. The predicted octanol–water partition coefficient (Wildman–Crippen LogP) is 5.74. The molecule has 2 heterocycles. The topological polar surface area (TPSA) is 105 Å². The lowest BCUT2D eigenvalue weighted by molar-refractivity contribution is -0.137. The Hall–Kier alpha value is -4.63. The van der Waals surface area contributed by atoms with Crippen molar-refractivity contribution in [1.29, 1.82) is 0 Å². The number of aliphatic carboxylic acids is 1. The number of ether oxygens (including phenoxy) is 1. The van der Waals surface area contributed by atoms with E-state index in [0.29, 0.717) is 41.0 Å². The Kier molecular flexibility index (Phi) is 7.88. The SMILES string of the molecule is CN(CCOc1ccc(CC(Nc2ccccc2C(=O)c2cccs2)C(=O)O)cc1)c1nc2ccccc2o1. The van der Waals surface area contributed by atoms with E-state index in [1.54, 1.807) is 30.3 Å². The van der Waals surface area contributed by atoms with Crippen LogP contribution in [0.1, 0.15) is 20.8 Å². The van der Waals surface area contributed by atoms with Gasteiger partial charge in [-0.3, -0.25) is 4.79 Å². The largest absolute Gasteiger partial charge is 0.492 e. The molecule has 0 aliphatic rings. The Bertz CT molecular complexity index is 1530. The average Bonchev–Trinajstić information content (AvgIpc) is 3.64. The van der Waals surface area contributed by atoms with Crippen molar-refractivity contribution in [2.45, 2.75) is 12.5 Å². The lowest BCUT2D eigenvalue weighted by atomic mass is 10.0. The van der Waals surface area contributed by atoms with E-state index in [9.17, 15) is 14.7 Å². The van der Waals surface area contributed by atoms with Crippen LogP contribution in [0.15, 0.2) is 94.7 Å². The third-order valence-corrected chi connectivity index (χ3v) is 7.08. The first kappa shape index (κ1) is 26.0. The number of rotatable bonds is 12. The summed E-state index contributed by atoms with van der Waals surface area (Å²) < 4.78 is 11.6. The van der Waals surface area contributed by atoms with Gasteiger partial charge >= 0.3 is 5.97 Å². The third kappa shape index (κ3) is 6.27. The van der Waals surface area contributed by atoms with E-state index in [2.05, 4.69) is 10.3 Å². The Balaban J connectivity index is 1.18. The Morgan fingerprint density at radius 1 is 1.03 bits per heavy atom. The minimum Gasteiger partial charge on any atom is -0.492 e. The fourth-order valence-corrected chi connectivity index (χ4v) is 4.79. The van der Waals surface area contributed by atoms with Crippen LogP contribution in [0.2, 0.25) is 0 Å². The molecule has 39 heavy (non-hydrogen) atoms. The number of aromatic nitrogens is 1. The van der Waals surface area contributed by atoms with E-state index in [0.717, 1.165) is 16.7 Å². The third-order valence-electron chi connectivity index (χ3n) is 6.21. The number of hydrogen-bond acceptors (Lipinski definition) is 8. The molecule has 2 aromatic heterocycles. The fraction of sp³-hybridized carbons (Fsp3) is 0.167. The summed E-state index contributed by atoms with van der Waals surface area (Å²) in [6.07, 6.45) is 0.234. The Labute approximate surface area is 229 Å². The van der Waals surface area contributed by atoms with Gasteiger partial charge in [0.15, 0.2) is 5.58 Å². The first-order chi connectivity index (χ1) is 19.0. The van der Waals surface area contributed by atoms with Gasteiger partial charge in [0.05, 0.1) is 11.4 Å². The van der Waals surface area contributed by atoms with Gasteiger partial charge in [0.2, 0.25) is 5.78 Å². The molecule has 198 valence electrons. The highest BCUT2D eigenvalue weighted by Crippen LogP contribution is 2.24. The smallest absolute Gasteiger partial charge is 0.326 e. The highest BCUT2D eigenvalue weighted by molar-refractivity contribution is 7.12. The zero-order chi connectivity index (χ0) is 27.2. The number of carboxylic acids is 1. The van der Waals surface area contributed by atoms with Crippen molar-refractivity contribution >= 4 is 45.9 Å². The molecule has 1 atom stereocenters. The molecular weight excluding hydrogens is 514 g/mol. The average molecular weight is 542 g/mol. The first-order valence-corrected chi connectivity index (χ1v) is 13.3. The Morgan fingerprint density at radius 3 is 2.54 bits per heavy atom. The number of nitrogens with one attached hydrogen (secondary N) is 1. The van der Waals surface area contributed by atoms with Crippen molar-refractivity contribution in [2.24, 2.45) is 0 Å². The minimum absolute atomic E-state index is 0.138. The minimum atomic E-state index is -1.00. The summed E-state index contributed by atoms with van der Waals surface area (Å²) in [7, 11) is 1.89. The molecule has 0 fully saturated rings. The highest BCUT2D eigenvalue weighted by atomic mass is 32.1. The lowest BCUT2D eigenvalue weighted by Gasteiger charge is -2.18. The second-order valence-corrected chi connectivity index (χ2v) is 9.92. The second kappa shape index (κ2) is 11.8. The molecule has 9 heteroatoms. The van der Waals surface area contributed by atoms with Crippen molar-refractivity contribution in [2.75, 3.05) is 30.4 Å². The molecule has 0 saturated carbocycles. The number of likely N-dealkylation sites (N-methyl/N-ethyl adjacent to an activating group) is 1. The van der Waals surface area contributed by atoms with Gasteiger partial charge in [0, 0.05) is 24.7 Å². The van der Waals surface area contributed by atoms with E-state index in [1.165, 1.54) is 11.3 Å². The van der Waals surface area contributed by atoms with Crippen LogP contribution < -0.4 is 15.0 Å². The number of hydrogen-bond donors (Lipinski definition) is 2. The molecule has 1 unspecified atom stereocenters. The molecule has 0 saturated heterocycles. The molecule has 3 aromatic carbocycles. The van der Waals surface area contributed by atoms with Crippen LogP contribution in [0.3, 0.4) is 0 Å². The van der Waals surface area contributed by atoms with Crippen molar-refractivity contribution in [3.63, 3.8) is 0 Å². The molecule has 8 nitrogen and oxygen atoms in total. The molecule has 0 spiro atoms. The number of carboxylic acid groups (broad SMARTS) is 1. The van der Waals surface area contributed by atoms with Crippen molar-refractivity contribution in [3.8, 4) is 5.75 Å². The van der Waals surface area contributed by atoms with Gasteiger partial charge in [-0.15, -0.1) is 11.3 Å². The highest BCUT2D eigenvalue weighted by Gasteiger charge is 2.22. The van der Waals surface area contributed by atoms with Crippen molar-refractivity contribution < 1.29 is 23.8 Å². The van der Waals surface area contributed by atoms with Gasteiger partial charge in [0.1, 0.15) is 23.9 Å². The molecule has 0 amide bonds. The molecular formula is C30H27N3O5S. The molecule has 0 bridgehead atoms. The number of oxazole rings is 1. The van der Waals surface area contributed by atoms with Crippen LogP contribution in [0.25, 0.3) is 11.1 Å². The van der Waals surface area contributed by atoms with Crippen LogP contribution in [-0.4, -0.2) is 48.1 Å². The summed E-state index contributed by atoms with van der Waals surface area (Å²) in [5, 5.41) is 14.8. The number of benzene rings is 3. The zero-order valence-corrected chi connectivity index (χ0v) is 22.1. The number of carbonyl (C=O) groups is 2. The van der Waals surface area contributed by atoms with E-state index in [-0.39, 0.29) is 12.2 Å². The summed E-state index contributed by atoms with van der Waals surface area (Å²) in [5.74, 6) is -0.465. The normalized spacial score (nSPS) is 11.7. The predicted molar refractivity (Wildman–Crippen MR) is 152 cm³/mol. The van der Waals surface area contributed by atoms with Gasteiger partial charge in [0.25, 0.3) is 6.01 Å². The van der Waals surface area contributed by atoms with E-state index < -0.39 is 12.0 Å². The summed E-state index contributed by atoms with van der Waals surface area (Å²) in [4.78, 5) is 32.0. The van der Waals surface area contributed by atoms with Crippen LogP contribution in [0, 0.1) is 0 Å². The lowest BCUT2D eigenvalue weighted by Crippen LogP contribution is -2.32. The number of para-hydroxylation sites is 3. The molecule has 5 rings (SSSR count). The van der Waals surface area contributed by atoms with Crippen LogP contribution in [0.4, 0.5) is 11.7 Å². The molecule has 0 radical (unpaired) electrons. The second-order valence-electron chi connectivity index (χ2n) is 8.97. The summed E-state index contributed by atoms with van der Waals surface area (Å²) in [6, 6.07) is 25.1. The van der Waals surface area contributed by atoms with Crippen molar-refractivity contribution in [3.05, 3.63) is 106 Å². The maximum atomic E-state index is 12.9.